The van der Waals surface area contributed by atoms with Crippen molar-refractivity contribution in [3.05, 3.63) is 45.7 Å². The van der Waals surface area contributed by atoms with Crippen LogP contribution in [0, 0.1) is 0 Å². The molecule has 12 heteroatoms. The lowest BCUT2D eigenvalue weighted by molar-refractivity contribution is -0.141. The van der Waals surface area contributed by atoms with E-state index in [1.807, 2.05) is 0 Å². The second-order valence-electron chi connectivity index (χ2n) is 7.21. The zero-order valence-electron chi connectivity index (χ0n) is 17.2. The number of nitrogens with one attached hydrogen (secondary N) is 1. The molecule has 1 aliphatic rings. The zero-order chi connectivity index (χ0) is 23.8. The number of methoxy groups -OCH3 is 2. The average Bonchev–Trinajstić information content (AvgIpc) is 3.52. The van der Waals surface area contributed by atoms with Gasteiger partial charge in [-0.3, -0.25) is 9.48 Å². The van der Waals surface area contributed by atoms with Gasteiger partial charge in [-0.25, -0.2) is 9.59 Å². The molecule has 8 nitrogen and oxygen atoms in total. The number of nitrogens with zero attached hydrogens (tertiary/aromatic N) is 2. The molecule has 2 aromatic rings. The molecule has 1 N–H and O–H groups in total. The van der Waals surface area contributed by atoms with E-state index in [9.17, 15) is 27.6 Å². The molecule has 1 saturated carbocycles. The van der Waals surface area contributed by atoms with Gasteiger partial charge in [0.05, 0.1) is 36.1 Å². The molecule has 1 fully saturated rings. The molecule has 0 radical (unpaired) electrons. The summed E-state index contributed by atoms with van der Waals surface area (Å²) in [6, 6.07) is 2.59. The Morgan fingerprint density at radius 1 is 1.12 bits per heavy atom. The number of esters is 2. The van der Waals surface area contributed by atoms with Crippen LogP contribution in [0.1, 0.15) is 63.8 Å². The van der Waals surface area contributed by atoms with Crippen LogP contribution in [0.3, 0.4) is 0 Å². The first-order valence-electron chi connectivity index (χ1n) is 9.45. The molecular weight excluding hydrogens is 455 g/mol. The Morgan fingerprint density at radius 3 is 2.09 bits per heavy atom. The van der Waals surface area contributed by atoms with Crippen LogP contribution in [-0.4, -0.2) is 41.8 Å². The monoisotopic (exact) mass is 473 g/mol. The van der Waals surface area contributed by atoms with Crippen LogP contribution in [-0.2, 0) is 20.4 Å². The second kappa shape index (κ2) is 8.81. The van der Waals surface area contributed by atoms with Gasteiger partial charge in [0, 0.05) is 11.6 Å². The Bertz CT molecular complexity index is 1040. The third-order valence-corrected chi connectivity index (χ3v) is 5.28. The van der Waals surface area contributed by atoms with Crippen molar-refractivity contribution < 1.29 is 37.0 Å². The molecule has 0 aliphatic heterocycles. The highest BCUT2D eigenvalue weighted by Gasteiger charge is 2.43. The first-order chi connectivity index (χ1) is 15.0. The highest BCUT2D eigenvalue weighted by Crippen LogP contribution is 2.47. The van der Waals surface area contributed by atoms with Gasteiger partial charge in [0.1, 0.15) is 6.04 Å². The number of hydrogen-bond acceptors (Lipinski definition) is 6. The van der Waals surface area contributed by atoms with Crippen molar-refractivity contribution in [2.24, 2.45) is 0 Å². The Hall–Kier alpha value is -3.08. The van der Waals surface area contributed by atoms with Crippen LogP contribution < -0.4 is 5.32 Å². The summed E-state index contributed by atoms with van der Waals surface area (Å²) in [5.41, 5.74) is -1.11. The number of carbonyl (C=O) groups excluding carboxylic acids is 3. The van der Waals surface area contributed by atoms with E-state index in [4.69, 9.17) is 11.6 Å². The zero-order valence-corrected chi connectivity index (χ0v) is 18.0. The Kier molecular flexibility index (Phi) is 6.49. The van der Waals surface area contributed by atoms with Crippen LogP contribution in [0.15, 0.2) is 18.2 Å². The van der Waals surface area contributed by atoms with Crippen LogP contribution in [0.4, 0.5) is 18.9 Å². The van der Waals surface area contributed by atoms with Crippen LogP contribution >= 0.6 is 11.6 Å². The van der Waals surface area contributed by atoms with E-state index in [1.54, 1.807) is 0 Å². The predicted molar refractivity (Wildman–Crippen MR) is 107 cm³/mol. The number of anilines is 1. The highest BCUT2D eigenvalue weighted by molar-refractivity contribution is 6.32. The minimum absolute atomic E-state index is 0.0292. The van der Waals surface area contributed by atoms with Gasteiger partial charge in [-0.15, -0.1) is 0 Å². The molecule has 1 amide bonds. The summed E-state index contributed by atoms with van der Waals surface area (Å²) in [6.45, 7) is 1.37. The minimum Gasteiger partial charge on any atom is -0.465 e. The fourth-order valence-corrected chi connectivity index (χ4v) is 3.54. The first-order valence-corrected chi connectivity index (χ1v) is 9.83. The summed E-state index contributed by atoms with van der Waals surface area (Å²) in [7, 11) is 2.29. The number of aromatic nitrogens is 2. The van der Waals surface area contributed by atoms with E-state index in [0.717, 1.165) is 18.9 Å². The number of benzene rings is 1. The number of halogens is 4. The summed E-state index contributed by atoms with van der Waals surface area (Å²) in [6.07, 6.45) is -3.49. The fraction of sp³-hybridized carbons (Fsp3) is 0.400. The van der Waals surface area contributed by atoms with Gasteiger partial charge < -0.3 is 14.8 Å². The second-order valence-corrected chi connectivity index (χ2v) is 7.59. The number of alkyl halides is 3. The van der Waals surface area contributed by atoms with Gasteiger partial charge in [0.15, 0.2) is 5.69 Å². The number of hydrogen-bond donors (Lipinski definition) is 1. The van der Waals surface area contributed by atoms with Crippen LogP contribution in [0.25, 0.3) is 0 Å². The standard InChI is InChI=1S/C20H19ClF3N3O5/c1-9(27-15(10-4-5-10)14(21)16(26-27)20(22,23)24)17(28)25-13-7-11(18(29)31-2)6-12(8-13)19(30)32-3/h6-10H,4-5H2,1-3H3,(H,25,28). The van der Waals surface area contributed by atoms with Gasteiger partial charge in [-0.1, -0.05) is 11.6 Å². The van der Waals surface area contributed by atoms with E-state index in [-0.39, 0.29) is 28.4 Å². The lowest BCUT2D eigenvalue weighted by atomic mass is 10.1. The summed E-state index contributed by atoms with van der Waals surface area (Å²) in [5, 5.41) is 5.55. The first kappa shape index (κ1) is 23.6. The van der Waals surface area contributed by atoms with E-state index >= 15 is 0 Å². The maximum Gasteiger partial charge on any atom is 0.436 e. The maximum absolute atomic E-state index is 13.3. The fourth-order valence-electron chi connectivity index (χ4n) is 3.16. The molecule has 1 atom stereocenters. The van der Waals surface area contributed by atoms with E-state index in [1.165, 1.54) is 25.1 Å². The van der Waals surface area contributed by atoms with Gasteiger partial charge in [0.25, 0.3) is 0 Å². The van der Waals surface area contributed by atoms with Crippen molar-refractivity contribution >= 4 is 35.1 Å². The molecular formula is C20H19ClF3N3O5. The molecule has 172 valence electrons. The molecule has 1 heterocycles. The highest BCUT2D eigenvalue weighted by atomic mass is 35.5. The van der Waals surface area contributed by atoms with Crippen molar-refractivity contribution in [3.63, 3.8) is 0 Å². The molecule has 0 saturated heterocycles. The Labute approximate surface area is 185 Å². The summed E-state index contributed by atoms with van der Waals surface area (Å²) in [5.74, 6) is -2.46. The normalized spacial score (nSPS) is 14.6. The molecule has 1 aliphatic carbocycles. The lowest BCUT2D eigenvalue weighted by Gasteiger charge is -2.16. The minimum atomic E-state index is -4.77. The van der Waals surface area contributed by atoms with Crippen molar-refractivity contribution in [2.45, 2.75) is 37.9 Å². The predicted octanol–water partition coefficient (Wildman–Crippen LogP) is 4.21. The Morgan fingerprint density at radius 2 is 1.66 bits per heavy atom. The van der Waals surface area contributed by atoms with Gasteiger partial charge >= 0.3 is 18.1 Å². The van der Waals surface area contributed by atoms with E-state index in [0.29, 0.717) is 12.8 Å². The number of carbonyl (C=O) groups is 3. The van der Waals surface area contributed by atoms with E-state index < -0.39 is 40.8 Å². The van der Waals surface area contributed by atoms with Gasteiger partial charge in [-0.05, 0) is 38.0 Å². The SMILES string of the molecule is COC(=O)c1cc(NC(=O)C(C)n2nc(C(F)(F)F)c(Cl)c2C2CC2)cc(C(=O)OC)c1. The number of amides is 1. The largest absolute Gasteiger partial charge is 0.465 e. The van der Waals surface area contributed by atoms with E-state index in [2.05, 4.69) is 19.9 Å². The van der Waals surface area contributed by atoms with Gasteiger partial charge in [0.2, 0.25) is 5.91 Å². The number of ether oxygens (including phenoxy) is 2. The summed E-state index contributed by atoms with van der Waals surface area (Å²) in [4.78, 5) is 36.7. The summed E-state index contributed by atoms with van der Waals surface area (Å²) >= 11 is 5.96. The molecule has 32 heavy (non-hydrogen) atoms. The van der Waals surface area contributed by atoms with Crippen molar-refractivity contribution in [2.75, 3.05) is 19.5 Å². The lowest BCUT2D eigenvalue weighted by Crippen LogP contribution is -2.26. The third kappa shape index (κ3) is 4.72. The van der Waals surface area contributed by atoms with Crippen LogP contribution in [0.5, 0.6) is 0 Å². The smallest absolute Gasteiger partial charge is 0.436 e. The molecule has 1 unspecified atom stereocenters. The average molecular weight is 474 g/mol. The quantitative estimate of drug-likeness (QED) is 0.631. The Balaban J connectivity index is 1.94. The van der Waals surface area contributed by atoms with Crippen LogP contribution in [0.2, 0.25) is 5.02 Å². The molecule has 3 rings (SSSR count). The molecule has 0 spiro atoms. The third-order valence-electron chi connectivity index (χ3n) is 4.91. The van der Waals surface area contributed by atoms with Gasteiger partial charge in [-0.2, -0.15) is 18.3 Å². The summed E-state index contributed by atoms with van der Waals surface area (Å²) < 4.78 is 50.1. The van der Waals surface area contributed by atoms with Crippen molar-refractivity contribution in [1.29, 1.82) is 0 Å². The topological polar surface area (TPSA) is 99.5 Å². The van der Waals surface area contributed by atoms with Crippen molar-refractivity contribution in [3.8, 4) is 0 Å². The molecule has 1 aromatic carbocycles. The number of rotatable bonds is 6. The maximum atomic E-state index is 13.3. The van der Waals surface area contributed by atoms with Crippen molar-refractivity contribution in [1.82, 2.24) is 9.78 Å². The molecule has 1 aromatic heterocycles. The molecule has 0 bridgehead atoms.